The van der Waals surface area contributed by atoms with Crippen molar-refractivity contribution in [2.24, 2.45) is 7.05 Å². The number of aliphatic carboxylic acids is 1. The first-order valence-corrected chi connectivity index (χ1v) is 8.90. The van der Waals surface area contributed by atoms with Crippen LogP contribution in [-0.2, 0) is 28.3 Å². The standard InChI is InChI=1S/C16H19N3O5S/c1-17-15(20)14-9-12(10-19(14)2)25(23,24)18-13(16(21)22)8-11-6-4-3-5-7-11/h3-7,9-10,13,18H,8H2,1-2H3,(H,17,20)(H,21,22)/t13-/m1/s1. The van der Waals surface area contributed by atoms with Crippen LogP contribution in [0.15, 0.2) is 47.5 Å². The highest BCUT2D eigenvalue weighted by Gasteiger charge is 2.27. The molecule has 0 saturated heterocycles. The van der Waals surface area contributed by atoms with Gasteiger partial charge in [0.15, 0.2) is 0 Å². The van der Waals surface area contributed by atoms with E-state index in [2.05, 4.69) is 10.0 Å². The molecule has 0 unspecified atom stereocenters. The number of carbonyl (C=O) groups is 2. The van der Waals surface area contributed by atoms with Gasteiger partial charge >= 0.3 is 5.97 Å². The van der Waals surface area contributed by atoms with Crippen molar-refractivity contribution in [3.05, 3.63) is 53.9 Å². The lowest BCUT2D eigenvalue weighted by molar-refractivity contribution is -0.138. The van der Waals surface area contributed by atoms with Crippen molar-refractivity contribution < 1.29 is 23.1 Å². The molecule has 9 heteroatoms. The zero-order valence-corrected chi connectivity index (χ0v) is 14.6. The van der Waals surface area contributed by atoms with Crippen molar-refractivity contribution in [3.63, 3.8) is 0 Å². The summed E-state index contributed by atoms with van der Waals surface area (Å²) >= 11 is 0. The van der Waals surface area contributed by atoms with Crippen LogP contribution in [0.1, 0.15) is 16.1 Å². The Kier molecular flexibility index (Phi) is 5.60. The Morgan fingerprint density at radius 1 is 1.24 bits per heavy atom. The van der Waals surface area contributed by atoms with Gasteiger partial charge in [0.2, 0.25) is 10.0 Å². The molecule has 0 fully saturated rings. The molecule has 1 aromatic heterocycles. The predicted molar refractivity (Wildman–Crippen MR) is 90.7 cm³/mol. The normalized spacial score (nSPS) is 12.6. The highest BCUT2D eigenvalue weighted by Crippen LogP contribution is 2.15. The van der Waals surface area contributed by atoms with Gasteiger partial charge in [0.25, 0.3) is 5.91 Å². The molecular weight excluding hydrogens is 346 g/mol. The lowest BCUT2D eigenvalue weighted by atomic mass is 10.1. The number of sulfonamides is 1. The maximum Gasteiger partial charge on any atom is 0.322 e. The van der Waals surface area contributed by atoms with Crippen LogP contribution < -0.4 is 10.0 Å². The lowest BCUT2D eigenvalue weighted by Gasteiger charge is -2.14. The van der Waals surface area contributed by atoms with Gasteiger partial charge in [-0.3, -0.25) is 9.59 Å². The number of hydrogen-bond donors (Lipinski definition) is 3. The Morgan fingerprint density at radius 3 is 2.44 bits per heavy atom. The molecule has 0 aliphatic rings. The Morgan fingerprint density at radius 2 is 1.88 bits per heavy atom. The molecule has 25 heavy (non-hydrogen) atoms. The molecule has 1 heterocycles. The van der Waals surface area contributed by atoms with Crippen LogP contribution in [0.3, 0.4) is 0 Å². The van der Waals surface area contributed by atoms with Crippen molar-refractivity contribution in [2.45, 2.75) is 17.4 Å². The van der Waals surface area contributed by atoms with Crippen LogP contribution in [0.2, 0.25) is 0 Å². The summed E-state index contributed by atoms with van der Waals surface area (Å²) in [7, 11) is -1.14. The summed E-state index contributed by atoms with van der Waals surface area (Å²) in [5, 5.41) is 11.7. The number of amides is 1. The minimum atomic E-state index is -4.10. The zero-order valence-electron chi connectivity index (χ0n) is 13.8. The van der Waals surface area contributed by atoms with Gasteiger partial charge in [-0.15, -0.1) is 0 Å². The van der Waals surface area contributed by atoms with E-state index in [0.717, 1.165) is 0 Å². The summed E-state index contributed by atoms with van der Waals surface area (Å²) in [5.74, 6) is -1.72. The summed E-state index contributed by atoms with van der Waals surface area (Å²) in [6.07, 6.45) is 1.26. The van der Waals surface area contributed by atoms with Gasteiger partial charge in [0.1, 0.15) is 16.6 Å². The van der Waals surface area contributed by atoms with Crippen molar-refractivity contribution in [3.8, 4) is 0 Å². The maximum atomic E-state index is 12.5. The van der Waals surface area contributed by atoms with E-state index in [-0.39, 0.29) is 17.0 Å². The summed E-state index contributed by atoms with van der Waals surface area (Å²) in [4.78, 5) is 23.0. The Hall–Kier alpha value is -2.65. The van der Waals surface area contributed by atoms with Crippen LogP contribution >= 0.6 is 0 Å². The van der Waals surface area contributed by atoms with E-state index in [9.17, 15) is 23.1 Å². The van der Waals surface area contributed by atoms with Crippen LogP contribution in [0.25, 0.3) is 0 Å². The molecule has 2 rings (SSSR count). The molecule has 1 atom stereocenters. The fourth-order valence-electron chi connectivity index (χ4n) is 2.32. The van der Waals surface area contributed by atoms with Crippen LogP contribution in [0.4, 0.5) is 0 Å². The molecular formula is C16H19N3O5S. The van der Waals surface area contributed by atoms with Gasteiger partial charge in [-0.2, -0.15) is 4.72 Å². The second-order valence-electron chi connectivity index (χ2n) is 5.45. The minimum absolute atomic E-state index is 0.00450. The van der Waals surface area contributed by atoms with Gasteiger partial charge in [-0.25, -0.2) is 8.42 Å². The molecule has 1 aromatic carbocycles. The third-order valence-electron chi connectivity index (χ3n) is 3.63. The number of hydrogen-bond acceptors (Lipinski definition) is 4. The lowest BCUT2D eigenvalue weighted by Crippen LogP contribution is -2.42. The maximum absolute atomic E-state index is 12.5. The van der Waals surface area contributed by atoms with Gasteiger partial charge in [-0.1, -0.05) is 30.3 Å². The number of aromatic nitrogens is 1. The molecule has 1 amide bonds. The SMILES string of the molecule is CNC(=O)c1cc(S(=O)(=O)N[C@H](Cc2ccccc2)C(=O)O)cn1C. The average molecular weight is 365 g/mol. The van der Waals surface area contributed by atoms with Gasteiger partial charge in [-0.05, 0) is 18.1 Å². The molecule has 0 aliphatic carbocycles. The third-order valence-corrected chi connectivity index (χ3v) is 5.07. The van der Waals surface area contributed by atoms with E-state index >= 15 is 0 Å². The second kappa shape index (κ2) is 7.49. The molecule has 8 nitrogen and oxygen atoms in total. The summed E-state index contributed by atoms with van der Waals surface area (Å²) in [5.41, 5.74) is 0.842. The summed E-state index contributed by atoms with van der Waals surface area (Å²) in [6, 6.07) is 8.59. The zero-order chi connectivity index (χ0) is 18.6. The highest BCUT2D eigenvalue weighted by molar-refractivity contribution is 7.89. The quantitative estimate of drug-likeness (QED) is 0.655. The van der Waals surface area contributed by atoms with E-state index in [0.29, 0.717) is 5.56 Å². The van der Waals surface area contributed by atoms with Gasteiger partial charge < -0.3 is 15.0 Å². The van der Waals surface area contributed by atoms with Gasteiger partial charge in [0.05, 0.1) is 0 Å². The first kappa shape index (κ1) is 18.7. The largest absolute Gasteiger partial charge is 0.480 e. The number of carboxylic acid groups (broad SMARTS) is 1. The number of carbonyl (C=O) groups excluding carboxylic acids is 1. The van der Waals surface area contributed by atoms with E-state index in [4.69, 9.17) is 0 Å². The predicted octanol–water partition coefficient (Wildman–Crippen LogP) is 0.359. The highest BCUT2D eigenvalue weighted by atomic mass is 32.2. The smallest absolute Gasteiger partial charge is 0.322 e. The molecule has 0 bridgehead atoms. The molecule has 2 aromatic rings. The molecule has 0 spiro atoms. The minimum Gasteiger partial charge on any atom is -0.480 e. The second-order valence-corrected chi connectivity index (χ2v) is 7.17. The van der Waals surface area contributed by atoms with Crippen molar-refractivity contribution in [1.82, 2.24) is 14.6 Å². The average Bonchev–Trinajstić information content (AvgIpc) is 2.97. The first-order valence-electron chi connectivity index (χ1n) is 7.42. The number of rotatable bonds is 7. The monoisotopic (exact) mass is 365 g/mol. The fraction of sp³-hybridized carbons (Fsp3) is 0.250. The molecule has 0 aliphatic heterocycles. The third kappa shape index (κ3) is 4.46. The van der Waals surface area contributed by atoms with Crippen LogP contribution in [0.5, 0.6) is 0 Å². The van der Waals surface area contributed by atoms with Crippen LogP contribution in [0, 0.1) is 0 Å². The fourth-order valence-corrected chi connectivity index (χ4v) is 3.58. The van der Waals surface area contributed by atoms with E-state index in [1.165, 1.54) is 30.9 Å². The van der Waals surface area contributed by atoms with Gasteiger partial charge in [0, 0.05) is 20.3 Å². The number of benzene rings is 1. The van der Waals surface area contributed by atoms with E-state index in [1.807, 2.05) is 0 Å². The Bertz CT molecular complexity index is 874. The molecule has 0 radical (unpaired) electrons. The number of nitrogens with zero attached hydrogens (tertiary/aromatic N) is 1. The number of aryl methyl sites for hydroxylation is 1. The summed E-state index contributed by atoms with van der Waals surface area (Å²) in [6.45, 7) is 0. The molecule has 0 saturated carbocycles. The number of carboxylic acids is 1. The molecule has 134 valence electrons. The van der Waals surface area contributed by atoms with Crippen molar-refractivity contribution in [1.29, 1.82) is 0 Å². The topological polar surface area (TPSA) is 118 Å². The van der Waals surface area contributed by atoms with E-state index in [1.54, 1.807) is 30.3 Å². The summed E-state index contributed by atoms with van der Waals surface area (Å²) < 4.78 is 28.5. The van der Waals surface area contributed by atoms with Crippen molar-refractivity contribution in [2.75, 3.05) is 7.05 Å². The van der Waals surface area contributed by atoms with Crippen molar-refractivity contribution >= 4 is 21.9 Å². The number of nitrogens with one attached hydrogen (secondary N) is 2. The van der Waals surface area contributed by atoms with E-state index < -0.39 is 27.9 Å². The van der Waals surface area contributed by atoms with Crippen LogP contribution in [-0.4, -0.2) is 43.1 Å². The first-order chi connectivity index (χ1) is 11.7. The Labute approximate surface area is 145 Å². The molecule has 3 N–H and O–H groups in total. The Balaban J connectivity index is 2.26.